The van der Waals surface area contributed by atoms with Crippen molar-refractivity contribution in [3.05, 3.63) is 51.7 Å². The molecular weight excluding hydrogens is 386 g/mol. The second kappa shape index (κ2) is 8.89. The van der Waals surface area contributed by atoms with Crippen LogP contribution in [0.15, 0.2) is 29.3 Å². The van der Waals surface area contributed by atoms with E-state index in [1.54, 1.807) is 6.07 Å². The first-order valence-corrected chi connectivity index (χ1v) is 9.41. The number of pyridine rings is 1. The number of benzene rings is 1. The Morgan fingerprint density at radius 2 is 2.07 bits per heavy atom. The van der Waals surface area contributed by atoms with Gasteiger partial charge in [-0.15, -0.1) is 0 Å². The lowest BCUT2D eigenvalue weighted by Gasteiger charge is -2.16. The molecule has 6 nitrogen and oxygen atoms in total. The fourth-order valence-electron chi connectivity index (χ4n) is 2.47. The zero-order valence-electron chi connectivity index (χ0n) is 15.0. The molecule has 0 bridgehead atoms. The third kappa shape index (κ3) is 5.00. The van der Waals surface area contributed by atoms with Gasteiger partial charge in [-0.3, -0.25) is 4.79 Å². The number of rotatable bonds is 6. The Kier molecular flexibility index (Phi) is 6.83. The summed E-state index contributed by atoms with van der Waals surface area (Å²) in [6.07, 6.45) is 0.509. The summed E-state index contributed by atoms with van der Waals surface area (Å²) >= 11 is 7.07. The van der Waals surface area contributed by atoms with Crippen molar-refractivity contribution in [1.29, 1.82) is 5.26 Å². The van der Waals surface area contributed by atoms with Crippen LogP contribution in [0.25, 0.3) is 0 Å². The van der Waals surface area contributed by atoms with Crippen LogP contribution in [0.2, 0.25) is 5.02 Å². The SMILES string of the molecule is CCC(Sc1nc(C)cc(C)c1C#N)C(=O)Nc1ccc(Cl)c(C(=O)O)c1. The molecule has 1 aromatic carbocycles. The zero-order valence-corrected chi connectivity index (χ0v) is 16.6. The second-order valence-corrected chi connectivity index (χ2v) is 7.47. The van der Waals surface area contributed by atoms with Crippen LogP contribution in [0.1, 0.15) is 40.5 Å². The van der Waals surface area contributed by atoms with E-state index in [2.05, 4.69) is 16.4 Å². The third-order valence-electron chi connectivity index (χ3n) is 3.80. The Hall–Kier alpha value is -2.56. The lowest BCUT2D eigenvalue weighted by Crippen LogP contribution is -2.25. The summed E-state index contributed by atoms with van der Waals surface area (Å²) < 4.78 is 0. The first-order valence-electron chi connectivity index (χ1n) is 8.15. The number of aryl methyl sites for hydroxylation is 2. The molecule has 2 N–H and O–H groups in total. The van der Waals surface area contributed by atoms with Gasteiger partial charge in [0.25, 0.3) is 0 Å². The molecule has 8 heteroatoms. The maximum Gasteiger partial charge on any atom is 0.337 e. The van der Waals surface area contributed by atoms with Gasteiger partial charge in [-0.1, -0.05) is 30.3 Å². The molecule has 0 aliphatic carbocycles. The number of carboxylic acids is 1. The van der Waals surface area contributed by atoms with Crippen molar-refractivity contribution in [1.82, 2.24) is 4.98 Å². The van der Waals surface area contributed by atoms with E-state index in [-0.39, 0.29) is 16.5 Å². The average Bonchev–Trinajstić information content (AvgIpc) is 2.60. The van der Waals surface area contributed by atoms with Gasteiger partial charge in [0.05, 0.1) is 21.4 Å². The summed E-state index contributed by atoms with van der Waals surface area (Å²) in [5.74, 6) is -1.47. The number of carbonyl (C=O) groups excluding carboxylic acids is 1. The van der Waals surface area contributed by atoms with Crippen LogP contribution in [0.5, 0.6) is 0 Å². The van der Waals surface area contributed by atoms with Gasteiger partial charge in [-0.25, -0.2) is 9.78 Å². The highest BCUT2D eigenvalue weighted by atomic mass is 35.5. The summed E-state index contributed by atoms with van der Waals surface area (Å²) in [5.41, 5.74) is 2.30. The summed E-state index contributed by atoms with van der Waals surface area (Å²) in [6, 6.07) is 8.25. The van der Waals surface area contributed by atoms with Gasteiger partial charge >= 0.3 is 5.97 Å². The fraction of sp³-hybridized carbons (Fsp3) is 0.263. The lowest BCUT2D eigenvalue weighted by atomic mass is 10.1. The van der Waals surface area contributed by atoms with Crippen LogP contribution in [-0.2, 0) is 4.79 Å². The molecule has 2 rings (SSSR count). The van der Waals surface area contributed by atoms with E-state index in [1.165, 1.54) is 23.9 Å². The Morgan fingerprint density at radius 3 is 2.67 bits per heavy atom. The fourth-order valence-corrected chi connectivity index (χ4v) is 3.79. The maximum absolute atomic E-state index is 12.7. The number of hydrogen-bond acceptors (Lipinski definition) is 5. The van der Waals surface area contributed by atoms with Crippen LogP contribution < -0.4 is 5.32 Å². The van der Waals surface area contributed by atoms with Crippen molar-refractivity contribution in [2.75, 3.05) is 5.32 Å². The topological polar surface area (TPSA) is 103 Å². The number of thioether (sulfide) groups is 1. The Balaban J connectivity index is 2.24. The molecule has 1 atom stereocenters. The highest BCUT2D eigenvalue weighted by Gasteiger charge is 2.22. The van der Waals surface area contributed by atoms with Crippen molar-refractivity contribution in [3.63, 3.8) is 0 Å². The van der Waals surface area contributed by atoms with E-state index in [9.17, 15) is 14.9 Å². The molecule has 1 heterocycles. The number of nitriles is 1. The largest absolute Gasteiger partial charge is 0.478 e. The molecule has 2 aromatic rings. The maximum atomic E-state index is 12.7. The van der Waals surface area contributed by atoms with Crippen molar-refractivity contribution < 1.29 is 14.7 Å². The smallest absolute Gasteiger partial charge is 0.337 e. The quantitative estimate of drug-likeness (QED) is 0.691. The molecule has 0 aliphatic rings. The molecule has 0 radical (unpaired) electrons. The molecule has 1 unspecified atom stereocenters. The number of carbonyl (C=O) groups is 2. The molecule has 0 saturated heterocycles. The van der Waals surface area contributed by atoms with Crippen LogP contribution in [-0.4, -0.2) is 27.2 Å². The van der Waals surface area contributed by atoms with Gasteiger partial charge in [-0.05, 0) is 50.1 Å². The number of amides is 1. The number of hydrogen-bond donors (Lipinski definition) is 2. The Labute approximate surface area is 166 Å². The Morgan fingerprint density at radius 1 is 1.37 bits per heavy atom. The molecule has 1 aromatic heterocycles. The van der Waals surface area contributed by atoms with Gasteiger partial charge in [0, 0.05) is 11.4 Å². The number of nitrogens with zero attached hydrogens (tertiary/aromatic N) is 2. The van der Waals surface area contributed by atoms with Crippen LogP contribution in [0, 0.1) is 25.2 Å². The van der Waals surface area contributed by atoms with Crippen LogP contribution in [0.3, 0.4) is 0 Å². The minimum atomic E-state index is -1.17. The second-order valence-electron chi connectivity index (χ2n) is 5.88. The number of halogens is 1. The number of anilines is 1. The number of nitrogens with one attached hydrogen (secondary N) is 1. The van der Waals surface area contributed by atoms with E-state index in [4.69, 9.17) is 16.7 Å². The Bertz CT molecular complexity index is 941. The zero-order chi connectivity index (χ0) is 20.1. The van der Waals surface area contributed by atoms with Gasteiger partial charge in [-0.2, -0.15) is 5.26 Å². The number of aromatic nitrogens is 1. The van der Waals surface area contributed by atoms with E-state index >= 15 is 0 Å². The van der Waals surface area contributed by atoms with E-state index < -0.39 is 11.2 Å². The molecule has 0 fully saturated rings. The molecule has 1 amide bonds. The third-order valence-corrected chi connectivity index (χ3v) is 5.48. The van der Waals surface area contributed by atoms with Gasteiger partial charge in [0.1, 0.15) is 11.1 Å². The molecule has 140 valence electrons. The standard InChI is InChI=1S/C19H18ClN3O3S/c1-4-16(27-18-14(9-21)10(2)7-11(3)22-18)17(24)23-12-5-6-15(20)13(8-12)19(25)26/h5-8,16H,4H2,1-3H3,(H,23,24)(H,25,26). The van der Waals surface area contributed by atoms with Gasteiger partial charge in [0.15, 0.2) is 0 Å². The summed E-state index contributed by atoms with van der Waals surface area (Å²) in [6.45, 7) is 5.52. The van der Waals surface area contributed by atoms with Crippen molar-refractivity contribution in [2.45, 2.75) is 37.5 Å². The predicted octanol–water partition coefficient (Wildman–Crippen LogP) is 4.43. The summed E-state index contributed by atoms with van der Waals surface area (Å²) in [4.78, 5) is 28.2. The summed E-state index contributed by atoms with van der Waals surface area (Å²) in [7, 11) is 0. The van der Waals surface area contributed by atoms with Crippen molar-refractivity contribution >= 4 is 40.9 Å². The first-order chi connectivity index (χ1) is 12.8. The molecule has 0 saturated carbocycles. The lowest BCUT2D eigenvalue weighted by molar-refractivity contribution is -0.115. The average molecular weight is 404 g/mol. The van der Waals surface area contributed by atoms with Gasteiger partial charge < -0.3 is 10.4 Å². The van der Waals surface area contributed by atoms with Gasteiger partial charge in [0.2, 0.25) is 5.91 Å². The van der Waals surface area contributed by atoms with E-state index in [1.807, 2.05) is 26.8 Å². The van der Waals surface area contributed by atoms with Crippen molar-refractivity contribution in [2.24, 2.45) is 0 Å². The highest BCUT2D eigenvalue weighted by Crippen LogP contribution is 2.30. The summed E-state index contributed by atoms with van der Waals surface area (Å²) in [5, 5.41) is 21.4. The molecule has 27 heavy (non-hydrogen) atoms. The minimum Gasteiger partial charge on any atom is -0.478 e. The molecule has 0 aliphatic heterocycles. The minimum absolute atomic E-state index is 0.0853. The number of aromatic carboxylic acids is 1. The predicted molar refractivity (Wildman–Crippen MR) is 105 cm³/mol. The van der Waals surface area contributed by atoms with Crippen LogP contribution >= 0.6 is 23.4 Å². The van der Waals surface area contributed by atoms with Crippen molar-refractivity contribution in [3.8, 4) is 6.07 Å². The monoisotopic (exact) mass is 403 g/mol. The van der Waals surface area contributed by atoms with Crippen LogP contribution in [0.4, 0.5) is 5.69 Å². The molecular formula is C19H18ClN3O3S. The molecule has 0 spiro atoms. The van der Waals surface area contributed by atoms with E-state index in [0.717, 1.165) is 11.3 Å². The normalized spacial score (nSPS) is 11.5. The van der Waals surface area contributed by atoms with E-state index in [0.29, 0.717) is 22.7 Å². The first kappa shape index (κ1) is 20.7. The highest BCUT2D eigenvalue weighted by molar-refractivity contribution is 8.00. The number of carboxylic acid groups (broad SMARTS) is 1.